The molecule has 0 bridgehead atoms. The topological polar surface area (TPSA) is 0 Å². The van der Waals surface area contributed by atoms with Gasteiger partial charge in [-0.3, -0.25) is 0 Å². The van der Waals surface area contributed by atoms with Crippen LogP contribution in [0, 0.1) is 69.8 Å². The first kappa shape index (κ1) is 19.6. The van der Waals surface area contributed by atoms with E-state index in [4.69, 9.17) is 0 Å². The maximum atomic E-state index is 12.0. The van der Waals surface area contributed by atoms with Gasteiger partial charge in [0.25, 0.3) is 0 Å². The second-order valence-electron chi connectivity index (χ2n) is 3.77. The van der Waals surface area contributed by atoms with Crippen LogP contribution in [0.2, 0.25) is 0 Å². The van der Waals surface area contributed by atoms with Crippen LogP contribution in [-0.2, 0) is 0 Å². The first-order valence-corrected chi connectivity index (χ1v) is 5.27. The third-order valence-electron chi connectivity index (χ3n) is 2.31. The number of hydrogen-bond donors (Lipinski definition) is 0. The van der Waals surface area contributed by atoms with Crippen LogP contribution >= 0.6 is 0 Å². The van der Waals surface area contributed by atoms with Gasteiger partial charge in [-0.05, 0) is 0 Å². The largest absolute Gasteiger partial charge is 0.200 e. The number of halogens is 12. The summed E-state index contributed by atoms with van der Waals surface area (Å²) in [5.74, 6) is -28.4. The standard InChI is InChI=1S/2C6F6/c2*7-1-2(8)4(10)6(12)5(11)3(1)9. The lowest BCUT2D eigenvalue weighted by Gasteiger charge is -1.99. The Bertz CT molecular complexity index is 520. The van der Waals surface area contributed by atoms with Gasteiger partial charge in [0, 0.05) is 0 Å². The van der Waals surface area contributed by atoms with E-state index in [-0.39, 0.29) is 0 Å². The van der Waals surface area contributed by atoms with E-state index in [0.29, 0.717) is 0 Å². The third-order valence-corrected chi connectivity index (χ3v) is 2.31. The monoisotopic (exact) mass is 372 g/mol. The molecular weight excluding hydrogens is 372 g/mol. The summed E-state index contributed by atoms with van der Waals surface area (Å²) in [5, 5.41) is 0. The van der Waals surface area contributed by atoms with Gasteiger partial charge < -0.3 is 0 Å². The minimum atomic E-state index is -2.37. The molecule has 0 saturated heterocycles. The summed E-state index contributed by atoms with van der Waals surface area (Å²) in [6.45, 7) is 0. The SMILES string of the molecule is Fc1c(F)c(F)c(F)c(F)c1F.Fc1c(F)c(F)c(F)c(F)c1F. The molecule has 0 nitrogen and oxygen atoms in total. The van der Waals surface area contributed by atoms with E-state index in [1.165, 1.54) is 0 Å². The van der Waals surface area contributed by atoms with Crippen molar-refractivity contribution in [2.45, 2.75) is 0 Å². The first-order chi connectivity index (χ1) is 10.9. The highest BCUT2D eigenvalue weighted by molar-refractivity contribution is 5.15. The zero-order valence-corrected chi connectivity index (χ0v) is 10.5. The molecule has 0 unspecified atom stereocenters. The fourth-order valence-electron chi connectivity index (χ4n) is 1.16. The van der Waals surface area contributed by atoms with E-state index in [1.807, 2.05) is 0 Å². The Balaban J connectivity index is 0.000000240. The van der Waals surface area contributed by atoms with Crippen molar-refractivity contribution in [1.82, 2.24) is 0 Å². The van der Waals surface area contributed by atoms with Crippen molar-refractivity contribution in [1.29, 1.82) is 0 Å². The van der Waals surface area contributed by atoms with Gasteiger partial charge in [0.05, 0.1) is 0 Å². The van der Waals surface area contributed by atoms with E-state index in [2.05, 4.69) is 0 Å². The van der Waals surface area contributed by atoms with Crippen LogP contribution in [0.1, 0.15) is 0 Å². The number of benzene rings is 2. The van der Waals surface area contributed by atoms with Crippen LogP contribution in [0.15, 0.2) is 0 Å². The summed E-state index contributed by atoms with van der Waals surface area (Å²) in [4.78, 5) is 0. The molecule has 0 atom stereocenters. The Labute approximate surface area is 123 Å². The molecule has 0 spiro atoms. The van der Waals surface area contributed by atoms with E-state index in [1.54, 1.807) is 0 Å². The second kappa shape index (κ2) is 7.01. The zero-order valence-electron chi connectivity index (χ0n) is 10.5. The lowest BCUT2D eigenvalue weighted by Crippen LogP contribution is -2.04. The highest BCUT2D eigenvalue weighted by Crippen LogP contribution is 2.21. The highest BCUT2D eigenvalue weighted by Gasteiger charge is 2.26. The molecule has 0 aliphatic carbocycles. The molecule has 0 fully saturated rings. The molecule has 0 aliphatic heterocycles. The van der Waals surface area contributed by atoms with Crippen LogP contribution < -0.4 is 0 Å². The van der Waals surface area contributed by atoms with Gasteiger partial charge in [-0.2, -0.15) is 0 Å². The quantitative estimate of drug-likeness (QED) is 0.345. The van der Waals surface area contributed by atoms with Gasteiger partial charge in [-0.15, -0.1) is 0 Å². The minimum absolute atomic E-state index is 2.37. The van der Waals surface area contributed by atoms with Gasteiger partial charge in [0.2, 0.25) is 69.8 Å². The fourth-order valence-corrected chi connectivity index (χ4v) is 1.16. The van der Waals surface area contributed by atoms with Crippen molar-refractivity contribution in [3.8, 4) is 0 Å². The lowest BCUT2D eigenvalue weighted by atomic mass is 10.3. The van der Waals surface area contributed by atoms with Crippen molar-refractivity contribution < 1.29 is 52.7 Å². The second-order valence-corrected chi connectivity index (χ2v) is 3.77. The maximum absolute atomic E-state index is 12.0. The highest BCUT2D eigenvalue weighted by atomic mass is 19.2. The Morgan fingerprint density at radius 2 is 0.208 bits per heavy atom. The molecule has 0 radical (unpaired) electrons. The predicted octanol–water partition coefficient (Wildman–Crippen LogP) is 5.04. The summed E-state index contributed by atoms with van der Waals surface area (Å²) in [7, 11) is 0. The Morgan fingerprint density at radius 3 is 0.250 bits per heavy atom. The average Bonchev–Trinajstić information content (AvgIpc) is 2.58. The Hall–Kier alpha value is -2.40. The van der Waals surface area contributed by atoms with Crippen molar-refractivity contribution in [2.24, 2.45) is 0 Å². The number of rotatable bonds is 0. The minimum Gasteiger partial charge on any atom is -0.200 e. The third kappa shape index (κ3) is 3.26. The molecule has 0 aliphatic rings. The van der Waals surface area contributed by atoms with Crippen LogP contribution in [0.4, 0.5) is 52.7 Å². The summed E-state index contributed by atoms with van der Waals surface area (Å²) in [6.07, 6.45) is 0. The molecule has 2 rings (SSSR count). The molecule has 12 heteroatoms. The van der Waals surface area contributed by atoms with E-state index >= 15 is 0 Å². The van der Waals surface area contributed by atoms with Crippen LogP contribution in [0.25, 0.3) is 0 Å². The smallest absolute Gasteiger partial charge is 0.200 e. The lowest BCUT2D eigenvalue weighted by molar-refractivity contribution is 0.334. The Morgan fingerprint density at radius 1 is 0.167 bits per heavy atom. The van der Waals surface area contributed by atoms with Crippen LogP contribution in [0.5, 0.6) is 0 Å². The first-order valence-electron chi connectivity index (χ1n) is 5.27. The molecule has 132 valence electrons. The van der Waals surface area contributed by atoms with Gasteiger partial charge >= 0.3 is 0 Å². The van der Waals surface area contributed by atoms with Crippen molar-refractivity contribution >= 4 is 0 Å². The summed E-state index contributed by atoms with van der Waals surface area (Å²) in [6, 6.07) is 0. The van der Waals surface area contributed by atoms with E-state index in [0.717, 1.165) is 0 Å². The van der Waals surface area contributed by atoms with Crippen molar-refractivity contribution in [2.75, 3.05) is 0 Å². The van der Waals surface area contributed by atoms with Crippen LogP contribution in [-0.4, -0.2) is 0 Å². The maximum Gasteiger partial charge on any atom is 0.200 e. The van der Waals surface area contributed by atoms with E-state index < -0.39 is 69.8 Å². The van der Waals surface area contributed by atoms with E-state index in [9.17, 15) is 52.7 Å². The predicted molar refractivity (Wildman–Crippen MR) is 52.4 cm³/mol. The molecule has 24 heavy (non-hydrogen) atoms. The Kier molecular flexibility index (Phi) is 5.74. The molecular formula is C12F12. The molecule has 0 aromatic heterocycles. The molecule has 0 heterocycles. The normalized spacial score (nSPS) is 10.5. The number of hydrogen-bond acceptors (Lipinski definition) is 0. The molecule has 0 saturated carbocycles. The van der Waals surface area contributed by atoms with Gasteiger partial charge in [0.15, 0.2) is 0 Å². The van der Waals surface area contributed by atoms with Gasteiger partial charge in [0.1, 0.15) is 0 Å². The van der Waals surface area contributed by atoms with Crippen molar-refractivity contribution in [3.63, 3.8) is 0 Å². The average molecular weight is 372 g/mol. The molecule has 2 aromatic rings. The summed E-state index contributed by atoms with van der Waals surface area (Å²) in [5.41, 5.74) is 0. The van der Waals surface area contributed by atoms with Gasteiger partial charge in [-0.1, -0.05) is 0 Å². The zero-order chi connectivity index (χ0) is 18.9. The fraction of sp³-hybridized carbons (Fsp3) is 0. The summed E-state index contributed by atoms with van der Waals surface area (Å²) < 4.78 is 144. The molecule has 2 aromatic carbocycles. The molecule has 0 N–H and O–H groups in total. The molecule has 0 amide bonds. The summed E-state index contributed by atoms with van der Waals surface area (Å²) >= 11 is 0. The van der Waals surface area contributed by atoms with Crippen molar-refractivity contribution in [3.05, 3.63) is 69.8 Å². The van der Waals surface area contributed by atoms with Gasteiger partial charge in [-0.25, -0.2) is 52.7 Å². The van der Waals surface area contributed by atoms with Crippen LogP contribution in [0.3, 0.4) is 0 Å².